The van der Waals surface area contributed by atoms with Crippen molar-refractivity contribution in [2.24, 2.45) is 0 Å². The van der Waals surface area contributed by atoms with E-state index in [2.05, 4.69) is 48.5 Å². The minimum Gasteiger partial charge on any atom is -0.374 e. The lowest BCUT2D eigenvalue weighted by Crippen LogP contribution is -2.47. The van der Waals surface area contributed by atoms with E-state index in [9.17, 15) is 0 Å². The lowest BCUT2D eigenvalue weighted by molar-refractivity contribution is -0.0611. The summed E-state index contributed by atoms with van der Waals surface area (Å²) in [6, 6.07) is 9.55. The molecule has 2 atom stereocenters. The minimum atomic E-state index is 0.253. The molecule has 20 heavy (non-hydrogen) atoms. The number of hydrogen-bond donors (Lipinski definition) is 1. The largest absolute Gasteiger partial charge is 0.374 e. The topological polar surface area (TPSA) is 24.5 Å². The fourth-order valence-electron chi connectivity index (χ4n) is 3.20. The van der Waals surface area contributed by atoms with Gasteiger partial charge in [0.25, 0.3) is 0 Å². The van der Waals surface area contributed by atoms with Crippen LogP contribution in [0.3, 0.4) is 0 Å². The summed E-state index contributed by atoms with van der Waals surface area (Å²) in [5.41, 5.74) is 2.93. The van der Waals surface area contributed by atoms with E-state index in [0.29, 0.717) is 6.04 Å². The zero-order valence-electron chi connectivity index (χ0n) is 12.6. The maximum atomic E-state index is 6.03. The molecule has 1 saturated carbocycles. The summed E-state index contributed by atoms with van der Waals surface area (Å²) >= 11 is 0. The summed E-state index contributed by atoms with van der Waals surface area (Å²) in [5, 5.41) is 3.44. The van der Waals surface area contributed by atoms with Crippen molar-refractivity contribution in [2.45, 2.75) is 37.8 Å². The van der Waals surface area contributed by atoms with Crippen LogP contribution in [-0.4, -0.2) is 44.3 Å². The van der Waals surface area contributed by atoms with Crippen molar-refractivity contribution in [3.63, 3.8) is 0 Å². The van der Waals surface area contributed by atoms with E-state index in [1.807, 2.05) is 0 Å². The smallest absolute Gasteiger partial charge is 0.0896 e. The van der Waals surface area contributed by atoms with Crippen LogP contribution in [0.2, 0.25) is 0 Å². The van der Waals surface area contributed by atoms with Crippen LogP contribution >= 0.6 is 0 Å². The zero-order valence-corrected chi connectivity index (χ0v) is 12.6. The number of rotatable bonds is 5. The van der Waals surface area contributed by atoms with Gasteiger partial charge in [0.15, 0.2) is 0 Å². The third-order valence-electron chi connectivity index (χ3n) is 4.50. The number of likely N-dealkylation sites (N-methyl/N-ethyl adjacent to an activating group) is 2. The first-order valence-electron chi connectivity index (χ1n) is 7.92. The Bertz CT molecular complexity index is 444. The van der Waals surface area contributed by atoms with Gasteiger partial charge in [-0.1, -0.05) is 31.2 Å². The van der Waals surface area contributed by atoms with Crippen LogP contribution < -0.4 is 5.32 Å². The van der Waals surface area contributed by atoms with Gasteiger partial charge in [0.1, 0.15) is 0 Å². The molecule has 0 bridgehead atoms. The normalized spacial score (nSPS) is 27.7. The average Bonchev–Trinajstić information content (AvgIpc) is 3.30. The van der Waals surface area contributed by atoms with Crippen molar-refractivity contribution in [1.82, 2.24) is 10.2 Å². The minimum absolute atomic E-state index is 0.253. The lowest BCUT2D eigenvalue weighted by Gasteiger charge is -2.39. The third kappa shape index (κ3) is 3.05. The van der Waals surface area contributed by atoms with Crippen LogP contribution in [0.15, 0.2) is 24.3 Å². The van der Waals surface area contributed by atoms with E-state index in [4.69, 9.17) is 4.74 Å². The van der Waals surface area contributed by atoms with Gasteiger partial charge in [-0.3, -0.25) is 4.90 Å². The molecule has 3 rings (SSSR count). The summed E-state index contributed by atoms with van der Waals surface area (Å²) in [6.45, 7) is 5.93. The molecule has 1 aliphatic heterocycles. The molecule has 1 N–H and O–H groups in total. The summed E-state index contributed by atoms with van der Waals surface area (Å²) < 4.78 is 6.03. The number of ether oxygens (including phenoxy) is 1. The van der Waals surface area contributed by atoms with Crippen LogP contribution in [0.1, 0.15) is 42.9 Å². The Labute approximate surface area is 122 Å². The van der Waals surface area contributed by atoms with Gasteiger partial charge in [0.2, 0.25) is 0 Å². The van der Waals surface area contributed by atoms with Crippen molar-refractivity contribution in [3.05, 3.63) is 35.4 Å². The first-order chi connectivity index (χ1) is 9.79. The van der Waals surface area contributed by atoms with E-state index in [-0.39, 0.29) is 6.10 Å². The van der Waals surface area contributed by atoms with E-state index >= 15 is 0 Å². The first kappa shape index (κ1) is 14.1. The maximum Gasteiger partial charge on any atom is 0.0896 e. The summed E-state index contributed by atoms with van der Waals surface area (Å²) in [7, 11) is 2.22. The van der Waals surface area contributed by atoms with Gasteiger partial charge in [-0.15, -0.1) is 0 Å². The highest BCUT2D eigenvalue weighted by Crippen LogP contribution is 2.41. The second kappa shape index (κ2) is 6.25. The molecule has 1 aliphatic carbocycles. The molecule has 2 unspecified atom stereocenters. The SMILES string of the molecule is CCNCC1OCCN(C)C1c1cccc(C2CC2)c1. The zero-order chi connectivity index (χ0) is 13.9. The van der Waals surface area contributed by atoms with Crippen molar-refractivity contribution >= 4 is 0 Å². The van der Waals surface area contributed by atoms with Gasteiger partial charge >= 0.3 is 0 Å². The molecule has 0 amide bonds. The fourth-order valence-corrected chi connectivity index (χ4v) is 3.20. The van der Waals surface area contributed by atoms with Gasteiger partial charge in [0, 0.05) is 13.1 Å². The molecule has 1 aromatic carbocycles. The molecule has 2 aliphatic rings. The number of nitrogens with one attached hydrogen (secondary N) is 1. The molecular formula is C17H26N2O. The predicted molar refractivity (Wildman–Crippen MR) is 82.1 cm³/mol. The molecule has 1 saturated heterocycles. The lowest BCUT2D eigenvalue weighted by atomic mass is 9.95. The molecule has 3 nitrogen and oxygen atoms in total. The second-order valence-corrected chi connectivity index (χ2v) is 6.09. The Morgan fingerprint density at radius 1 is 1.30 bits per heavy atom. The Morgan fingerprint density at radius 2 is 2.10 bits per heavy atom. The second-order valence-electron chi connectivity index (χ2n) is 6.09. The van der Waals surface area contributed by atoms with Crippen molar-refractivity contribution in [1.29, 1.82) is 0 Å². The van der Waals surface area contributed by atoms with Crippen molar-refractivity contribution in [3.8, 4) is 0 Å². The first-order valence-corrected chi connectivity index (χ1v) is 7.92. The molecule has 0 radical (unpaired) electrons. The van der Waals surface area contributed by atoms with Gasteiger partial charge in [0.05, 0.1) is 18.8 Å². The quantitative estimate of drug-likeness (QED) is 0.893. The summed E-state index contributed by atoms with van der Waals surface area (Å²) in [4.78, 5) is 2.44. The summed E-state index contributed by atoms with van der Waals surface area (Å²) in [6.07, 6.45) is 2.98. The molecule has 0 aromatic heterocycles. The van der Waals surface area contributed by atoms with Gasteiger partial charge in [-0.05, 0) is 43.5 Å². The maximum absolute atomic E-state index is 6.03. The molecule has 1 aromatic rings. The molecule has 2 fully saturated rings. The predicted octanol–water partition coefficient (Wildman–Crippen LogP) is 2.55. The Hall–Kier alpha value is -0.900. The highest BCUT2D eigenvalue weighted by Gasteiger charge is 2.32. The highest BCUT2D eigenvalue weighted by molar-refractivity contribution is 5.31. The number of hydrogen-bond acceptors (Lipinski definition) is 3. The van der Waals surface area contributed by atoms with Gasteiger partial charge < -0.3 is 10.1 Å². The Kier molecular flexibility index (Phi) is 4.39. The number of benzene rings is 1. The molecular weight excluding hydrogens is 248 g/mol. The molecule has 0 spiro atoms. The van der Waals surface area contributed by atoms with Crippen LogP contribution in [0.4, 0.5) is 0 Å². The van der Waals surface area contributed by atoms with Gasteiger partial charge in [-0.25, -0.2) is 0 Å². The van der Waals surface area contributed by atoms with Crippen LogP contribution in [0, 0.1) is 0 Å². The standard InChI is InChI=1S/C17H26N2O/c1-3-18-12-16-17(19(2)9-10-20-16)15-6-4-5-14(11-15)13-7-8-13/h4-6,11,13,16-18H,3,7-10,12H2,1-2H3. The van der Waals surface area contributed by atoms with E-state index < -0.39 is 0 Å². The van der Waals surface area contributed by atoms with Crippen LogP contribution in [0.25, 0.3) is 0 Å². The van der Waals surface area contributed by atoms with E-state index in [1.165, 1.54) is 24.0 Å². The molecule has 110 valence electrons. The van der Waals surface area contributed by atoms with E-state index in [0.717, 1.165) is 32.2 Å². The molecule has 3 heteroatoms. The summed E-state index contributed by atoms with van der Waals surface area (Å²) in [5.74, 6) is 0.817. The van der Waals surface area contributed by atoms with Crippen LogP contribution in [0.5, 0.6) is 0 Å². The third-order valence-corrected chi connectivity index (χ3v) is 4.50. The highest BCUT2D eigenvalue weighted by atomic mass is 16.5. The number of morpholine rings is 1. The van der Waals surface area contributed by atoms with E-state index in [1.54, 1.807) is 0 Å². The van der Waals surface area contributed by atoms with Crippen LogP contribution in [-0.2, 0) is 4.74 Å². The molecule has 1 heterocycles. The monoisotopic (exact) mass is 274 g/mol. The Morgan fingerprint density at radius 3 is 2.85 bits per heavy atom. The number of nitrogens with zero attached hydrogens (tertiary/aromatic N) is 1. The fraction of sp³-hybridized carbons (Fsp3) is 0.647. The van der Waals surface area contributed by atoms with Gasteiger partial charge in [-0.2, -0.15) is 0 Å². The average molecular weight is 274 g/mol. The van der Waals surface area contributed by atoms with Crippen molar-refractivity contribution < 1.29 is 4.74 Å². The van der Waals surface area contributed by atoms with Crippen molar-refractivity contribution in [2.75, 3.05) is 33.3 Å². The Balaban J connectivity index is 1.81.